The number of rotatable bonds is 6. The lowest BCUT2D eigenvalue weighted by Gasteiger charge is -2.15. The Balaban J connectivity index is 2.48. The third-order valence-electron chi connectivity index (χ3n) is 3.26. The molecule has 0 amide bonds. The highest BCUT2D eigenvalue weighted by atomic mass is 16.6. The van der Waals surface area contributed by atoms with E-state index in [9.17, 15) is 4.79 Å². The van der Waals surface area contributed by atoms with E-state index in [4.69, 9.17) is 10.5 Å². The summed E-state index contributed by atoms with van der Waals surface area (Å²) in [5.74, 6) is -0.274. The summed E-state index contributed by atoms with van der Waals surface area (Å²) >= 11 is 0. The summed E-state index contributed by atoms with van der Waals surface area (Å²) in [5, 5.41) is 15.0. The van der Waals surface area contributed by atoms with Gasteiger partial charge in [0, 0.05) is 0 Å². The molecule has 2 aromatic rings. The monoisotopic (exact) mass is 296 g/mol. The Morgan fingerprint density at radius 1 is 1.38 bits per heavy atom. The lowest BCUT2D eigenvalue weighted by Crippen LogP contribution is -3.10. The lowest BCUT2D eigenvalue weighted by molar-refractivity contribution is -0.910. The van der Waals surface area contributed by atoms with Gasteiger partial charge in [-0.25, -0.2) is 9.42 Å². The zero-order chi connectivity index (χ0) is 15.4. The van der Waals surface area contributed by atoms with Crippen LogP contribution in [0.2, 0.25) is 0 Å². The maximum Gasteiger partial charge on any atom is 0.360 e. The minimum Gasteiger partial charge on any atom is -0.464 e. The van der Waals surface area contributed by atoms with Crippen LogP contribution in [-0.4, -0.2) is 51.5 Å². The Morgan fingerprint density at radius 3 is 2.62 bits per heavy atom. The van der Waals surface area contributed by atoms with Gasteiger partial charge in [-0.2, -0.15) is 4.68 Å². The van der Waals surface area contributed by atoms with Crippen LogP contribution in [-0.2, 0) is 11.3 Å². The summed E-state index contributed by atoms with van der Waals surface area (Å²) in [6, 6.07) is 0. The SMILES string of the molecule is CC[NH+](CC)Cc1c(C(=O)OC)nnn1-c1nonc1N. The van der Waals surface area contributed by atoms with Crippen LogP contribution in [0.15, 0.2) is 4.63 Å². The van der Waals surface area contributed by atoms with Gasteiger partial charge in [0.2, 0.25) is 11.6 Å². The summed E-state index contributed by atoms with van der Waals surface area (Å²) in [5.41, 5.74) is 6.37. The quantitative estimate of drug-likeness (QED) is 0.613. The standard InChI is InChI=1S/C11H17N7O3/c1-4-17(5-2)6-7-8(11(19)20-3)13-16-18(7)10-9(12)14-21-15-10/h4-6H2,1-3H3,(H2,12,14)/p+1. The Kier molecular flexibility index (Phi) is 4.48. The normalized spacial score (nSPS) is 11.0. The van der Waals surface area contributed by atoms with Crippen LogP contribution < -0.4 is 10.6 Å². The van der Waals surface area contributed by atoms with E-state index < -0.39 is 5.97 Å². The molecule has 0 saturated carbocycles. The van der Waals surface area contributed by atoms with Crippen LogP contribution in [0.25, 0.3) is 5.82 Å². The molecule has 0 unspecified atom stereocenters. The number of nitrogens with one attached hydrogen (secondary N) is 1. The van der Waals surface area contributed by atoms with Crippen molar-refractivity contribution in [3.8, 4) is 5.82 Å². The van der Waals surface area contributed by atoms with Gasteiger partial charge < -0.3 is 15.4 Å². The summed E-state index contributed by atoms with van der Waals surface area (Å²) in [7, 11) is 1.29. The van der Waals surface area contributed by atoms with Gasteiger partial charge in [-0.3, -0.25) is 0 Å². The van der Waals surface area contributed by atoms with Gasteiger partial charge in [-0.1, -0.05) is 5.21 Å². The van der Waals surface area contributed by atoms with Gasteiger partial charge in [-0.05, 0) is 24.2 Å². The van der Waals surface area contributed by atoms with Gasteiger partial charge >= 0.3 is 5.97 Å². The van der Waals surface area contributed by atoms with E-state index in [0.717, 1.165) is 13.1 Å². The van der Waals surface area contributed by atoms with Gasteiger partial charge in [0.05, 0.1) is 20.2 Å². The van der Waals surface area contributed by atoms with Crippen molar-refractivity contribution in [2.45, 2.75) is 20.4 Å². The fraction of sp³-hybridized carbons (Fsp3) is 0.545. The van der Waals surface area contributed by atoms with Crippen LogP contribution in [0, 0.1) is 0 Å². The Hall–Kier alpha value is -2.49. The third kappa shape index (κ3) is 2.84. The molecule has 10 nitrogen and oxygen atoms in total. The largest absolute Gasteiger partial charge is 0.464 e. The maximum atomic E-state index is 11.8. The molecule has 0 radical (unpaired) electrons. The second-order valence-corrected chi connectivity index (χ2v) is 4.40. The number of esters is 1. The molecule has 2 aromatic heterocycles. The molecule has 0 aliphatic rings. The first-order chi connectivity index (χ1) is 10.1. The second kappa shape index (κ2) is 6.31. The molecular weight excluding hydrogens is 278 g/mol. The zero-order valence-corrected chi connectivity index (χ0v) is 12.2. The van der Waals surface area contributed by atoms with E-state index in [0.29, 0.717) is 12.2 Å². The number of hydrogen-bond donors (Lipinski definition) is 2. The maximum absolute atomic E-state index is 11.8. The Labute approximate surface area is 120 Å². The molecule has 0 aliphatic heterocycles. The summed E-state index contributed by atoms with van der Waals surface area (Å²) < 4.78 is 10.7. The van der Waals surface area contributed by atoms with Crippen LogP contribution >= 0.6 is 0 Å². The first kappa shape index (κ1) is 14.9. The summed E-state index contributed by atoms with van der Waals surface area (Å²) in [4.78, 5) is 13.1. The van der Waals surface area contributed by atoms with Crippen molar-refractivity contribution < 1.29 is 19.1 Å². The van der Waals surface area contributed by atoms with Crippen molar-refractivity contribution >= 4 is 11.8 Å². The van der Waals surface area contributed by atoms with Crippen LogP contribution in [0.4, 0.5) is 5.82 Å². The molecule has 2 heterocycles. The van der Waals surface area contributed by atoms with E-state index in [2.05, 4.69) is 39.1 Å². The van der Waals surface area contributed by atoms with E-state index in [1.165, 1.54) is 16.7 Å². The molecule has 0 atom stereocenters. The molecule has 0 bridgehead atoms. The lowest BCUT2D eigenvalue weighted by atomic mass is 10.3. The fourth-order valence-electron chi connectivity index (χ4n) is 1.96. The Morgan fingerprint density at radius 2 is 2.10 bits per heavy atom. The summed E-state index contributed by atoms with van der Waals surface area (Å²) in [6.45, 7) is 6.40. The van der Waals surface area contributed by atoms with Crippen LogP contribution in [0.3, 0.4) is 0 Å². The number of quaternary nitrogens is 1. The van der Waals surface area contributed by atoms with E-state index in [-0.39, 0.29) is 17.3 Å². The van der Waals surface area contributed by atoms with Crippen LogP contribution in [0.1, 0.15) is 30.0 Å². The molecular formula is C11H18N7O3+. The van der Waals surface area contributed by atoms with Gasteiger partial charge in [0.15, 0.2) is 5.69 Å². The predicted octanol–water partition coefficient (Wildman–Crippen LogP) is -1.56. The van der Waals surface area contributed by atoms with Crippen molar-refractivity contribution in [3.05, 3.63) is 11.4 Å². The first-order valence-corrected chi connectivity index (χ1v) is 6.57. The predicted molar refractivity (Wildman–Crippen MR) is 70.7 cm³/mol. The molecule has 0 saturated heterocycles. The first-order valence-electron chi connectivity index (χ1n) is 6.57. The molecule has 2 rings (SSSR count). The molecule has 114 valence electrons. The number of aromatic nitrogens is 5. The molecule has 0 fully saturated rings. The zero-order valence-electron chi connectivity index (χ0n) is 12.2. The van der Waals surface area contributed by atoms with Crippen molar-refractivity contribution in [1.82, 2.24) is 25.3 Å². The smallest absolute Gasteiger partial charge is 0.360 e. The molecule has 3 N–H and O–H groups in total. The van der Waals surface area contributed by atoms with Crippen LogP contribution in [0.5, 0.6) is 0 Å². The topological polar surface area (TPSA) is 126 Å². The number of nitrogen functional groups attached to an aromatic ring is 1. The molecule has 10 heteroatoms. The number of anilines is 1. The van der Waals surface area contributed by atoms with E-state index in [1.54, 1.807) is 0 Å². The highest BCUT2D eigenvalue weighted by molar-refractivity contribution is 5.88. The van der Waals surface area contributed by atoms with Gasteiger partial charge in [0.25, 0.3) is 0 Å². The van der Waals surface area contributed by atoms with Gasteiger partial charge in [0.1, 0.15) is 12.2 Å². The third-order valence-corrected chi connectivity index (χ3v) is 3.26. The highest BCUT2D eigenvalue weighted by Crippen LogP contribution is 2.15. The molecule has 0 aliphatic carbocycles. The number of nitrogens with two attached hydrogens (primary N) is 1. The van der Waals surface area contributed by atoms with E-state index >= 15 is 0 Å². The molecule has 21 heavy (non-hydrogen) atoms. The number of ether oxygens (including phenoxy) is 1. The average molecular weight is 296 g/mol. The van der Waals surface area contributed by atoms with Crippen molar-refractivity contribution in [2.24, 2.45) is 0 Å². The summed E-state index contributed by atoms with van der Waals surface area (Å²) in [6.07, 6.45) is 0. The number of carbonyl (C=O) groups is 1. The highest BCUT2D eigenvalue weighted by Gasteiger charge is 2.26. The van der Waals surface area contributed by atoms with Crippen molar-refractivity contribution in [3.63, 3.8) is 0 Å². The number of methoxy groups -OCH3 is 1. The Bertz CT molecular complexity index is 617. The molecule has 0 spiro atoms. The second-order valence-electron chi connectivity index (χ2n) is 4.40. The van der Waals surface area contributed by atoms with Crippen molar-refractivity contribution in [1.29, 1.82) is 0 Å². The average Bonchev–Trinajstić information content (AvgIpc) is 3.09. The van der Waals surface area contributed by atoms with Crippen molar-refractivity contribution in [2.75, 3.05) is 25.9 Å². The minimum atomic E-state index is -0.558. The number of carbonyl (C=O) groups excluding carboxylic acids is 1. The fourth-order valence-corrected chi connectivity index (χ4v) is 1.96. The van der Waals surface area contributed by atoms with Gasteiger partial charge in [-0.15, -0.1) is 5.10 Å². The van der Waals surface area contributed by atoms with E-state index in [1.807, 2.05) is 0 Å². The number of nitrogens with zero attached hydrogens (tertiary/aromatic N) is 5. The minimum absolute atomic E-state index is 0.0760. The number of hydrogen-bond acceptors (Lipinski definition) is 8. The molecule has 0 aromatic carbocycles.